The van der Waals surface area contributed by atoms with Crippen molar-refractivity contribution in [3.63, 3.8) is 0 Å². The summed E-state index contributed by atoms with van der Waals surface area (Å²) in [4.78, 5) is 41.2. The van der Waals surface area contributed by atoms with Crippen LogP contribution in [0.4, 0.5) is 4.79 Å². The summed E-state index contributed by atoms with van der Waals surface area (Å²) in [5.74, 6) is -0.222. The molecule has 0 bridgehead atoms. The molecule has 0 spiro atoms. The van der Waals surface area contributed by atoms with Crippen LogP contribution in [0.1, 0.15) is 66.4 Å². The van der Waals surface area contributed by atoms with Gasteiger partial charge in [-0.1, -0.05) is 57.5 Å². The molecule has 2 fully saturated rings. The van der Waals surface area contributed by atoms with Crippen LogP contribution in [-0.4, -0.2) is 47.1 Å². The molecule has 1 aliphatic carbocycles. The number of hydrogen-bond donors (Lipinski definition) is 1. The fourth-order valence-electron chi connectivity index (χ4n) is 4.89. The van der Waals surface area contributed by atoms with Gasteiger partial charge in [0.1, 0.15) is 24.3 Å². The van der Waals surface area contributed by atoms with Crippen LogP contribution in [0, 0.1) is 17.3 Å². The van der Waals surface area contributed by atoms with Crippen molar-refractivity contribution >= 4 is 18.0 Å². The Morgan fingerprint density at radius 2 is 1.73 bits per heavy atom. The zero-order valence-corrected chi connectivity index (χ0v) is 20.7. The van der Waals surface area contributed by atoms with Crippen LogP contribution in [-0.2, 0) is 25.7 Å². The molecule has 1 aromatic carbocycles. The molecule has 0 radical (unpaired) electrons. The van der Waals surface area contributed by atoms with Crippen molar-refractivity contribution in [2.45, 2.75) is 85.1 Å². The van der Waals surface area contributed by atoms with Gasteiger partial charge in [0.2, 0.25) is 5.91 Å². The molecule has 182 valence electrons. The average molecular weight is 459 g/mol. The second-order valence-corrected chi connectivity index (χ2v) is 11.3. The minimum absolute atomic E-state index is 0.106. The Morgan fingerprint density at radius 1 is 1.06 bits per heavy atom. The Balaban J connectivity index is 1.75. The maximum Gasteiger partial charge on any atom is 0.408 e. The normalized spacial score (nSPS) is 23.6. The topological polar surface area (TPSA) is 84.9 Å². The molecule has 1 saturated heterocycles. The summed E-state index contributed by atoms with van der Waals surface area (Å²) in [6.45, 7) is 11.8. The lowest BCUT2D eigenvalue weighted by Crippen LogP contribution is -2.57. The molecule has 0 aromatic heterocycles. The Labute approximate surface area is 197 Å². The first kappa shape index (κ1) is 25.1. The van der Waals surface area contributed by atoms with E-state index in [4.69, 9.17) is 9.47 Å². The monoisotopic (exact) mass is 458 g/mol. The number of hydrogen-bond acceptors (Lipinski definition) is 5. The van der Waals surface area contributed by atoms with Gasteiger partial charge < -0.3 is 19.7 Å². The highest BCUT2D eigenvalue weighted by Crippen LogP contribution is 2.43. The quantitative estimate of drug-likeness (QED) is 0.665. The molecule has 4 atom stereocenters. The van der Waals surface area contributed by atoms with Gasteiger partial charge in [0, 0.05) is 6.54 Å². The zero-order chi connectivity index (χ0) is 24.4. The Morgan fingerprint density at radius 3 is 2.33 bits per heavy atom. The van der Waals surface area contributed by atoms with Gasteiger partial charge in [-0.2, -0.15) is 0 Å². The smallest absolute Gasteiger partial charge is 0.408 e. The van der Waals surface area contributed by atoms with E-state index < -0.39 is 29.2 Å². The van der Waals surface area contributed by atoms with Gasteiger partial charge >= 0.3 is 12.1 Å². The number of likely N-dealkylation sites (tertiary alicyclic amines) is 1. The second kappa shape index (κ2) is 9.74. The van der Waals surface area contributed by atoms with Gasteiger partial charge in [-0.3, -0.25) is 4.79 Å². The number of fused-ring (bicyclic) bond motifs is 1. The van der Waals surface area contributed by atoms with Crippen molar-refractivity contribution in [2.75, 3.05) is 6.54 Å². The predicted molar refractivity (Wildman–Crippen MR) is 125 cm³/mol. The molecule has 3 rings (SSSR count). The lowest BCUT2D eigenvalue weighted by Gasteiger charge is -2.36. The van der Waals surface area contributed by atoms with Crippen molar-refractivity contribution in [3.8, 4) is 0 Å². The third-order valence-corrected chi connectivity index (χ3v) is 6.41. The summed E-state index contributed by atoms with van der Waals surface area (Å²) >= 11 is 0. The SMILES string of the molecule is CC(C)(C)OC(=O)[C@@H]1[C@H]2CCC[C@H]2CN1C(=O)C(NC(=O)OCc1ccccc1)C(C)(C)C. The number of nitrogens with zero attached hydrogens (tertiary/aromatic N) is 1. The zero-order valence-electron chi connectivity index (χ0n) is 20.7. The van der Waals surface area contributed by atoms with Gasteiger partial charge in [-0.05, 0) is 56.4 Å². The highest BCUT2D eigenvalue weighted by atomic mass is 16.6. The number of benzene rings is 1. The minimum atomic E-state index is -0.829. The van der Waals surface area contributed by atoms with Crippen molar-refractivity contribution in [1.29, 1.82) is 0 Å². The summed E-state index contributed by atoms with van der Waals surface area (Å²) in [6, 6.07) is 7.94. The Hall–Kier alpha value is -2.57. The molecule has 2 aliphatic rings. The fourth-order valence-corrected chi connectivity index (χ4v) is 4.89. The summed E-state index contributed by atoms with van der Waals surface area (Å²) in [5, 5.41) is 2.77. The lowest BCUT2D eigenvalue weighted by molar-refractivity contribution is -0.165. The maximum atomic E-state index is 13.8. The predicted octanol–water partition coefficient (Wildman–Crippen LogP) is 4.30. The molecule has 1 aliphatic heterocycles. The molecule has 1 aromatic rings. The number of rotatable bonds is 5. The molecular weight excluding hydrogens is 420 g/mol. The van der Waals surface area contributed by atoms with E-state index in [0.717, 1.165) is 24.8 Å². The van der Waals surface area contributed by atoms with Crippen LogP contribution in [0.3, 0.4) is 0 Å². The van der Waals surface area contributed by atoms with E-state index in [1.807, 2.05) is 71.9 Å². The molecule has 1 saturated carbocycles. The molecule has 7 heteroatoms. The average Bonchev–Trinajstić information content (AvgIpc) is 3.29. The van der Waals surface area contributed by atoms with E-state index in [9.17, 15) is 14.4 Å². The number of ether oxygens (including phenoxy) is 2. The van der Waals surface area contributed by atoms with Crippen molar-refractivity contribution < 1.29 is 23.9 Å². The van der Waals surface area contributed by atoms with E-state index in [1.54, 1.807) is 4.90 Å². The highest BCUT2D eigenvalue weighted by Gasteiger charge is 2.52. The van der Waals surface area contributed by atoms with Crippen LogP contribution in [0.25, 0.3) is 0 Å². The first-order chi connectivity index (χ1) is 15.4. The summed E-state index contributed by atoms with van der Waals surface area (Å²) < 4.78 is 11.1. The summed E-state index contributed by atoms with van der Waals surface area (Å²) in [6.07, 6.45) is 2.31. The number of amides is 2. The van der Waals surface area contributed by atoms with Crippen molar-refractivity contribution in [2.24, 2.45) is 17.3 Å². The standard InChI is InChI=1S/C26H38N2O5/c1-25(2,3)21(27-24(31)32-16-17-11-8-7-9-12-17)22(29)28-15-18-13-10-14-19(18)20(28)23(30)33-26(4,5)6/h7-9,11-12,18-21H,10,13-16H2,1-6H3,(H,27,31)/t18-,19-,20-,21?/m0/s1. The van der Waals surface area contributed by atoms with Crippen molar-refractivity contribution in [1.82, 2.24) is 10.2 Å². The number of carbonyl (C=O) groups excluding carboxylic acids is 3. The van der Waals surface area contributed by atoms with Crippen LogP contribution in [0.15, 0.2) is 30.3 Å². The van der Waals surface area contributed by atoms with E-state index in [2.05, 4.69) is 5.32 Å². The largest absolute Gasteiger partial charge is 0.458 e. The van der Waals surface area contributed by atoms with Gasteiger partial charge in [-0.25, -0.2) is 9.59 Å². The second-order valence-electron chi connectivity index (χ2n) is 11.3. The van der Waals surface area contributed by atoms with Gasteiger partial charge in [0.25, 0.3) is 0 Å². The molecule has 1 unspecified atom stereocenters. The maximum absolute atomic E-state index is 13.8. The summed E-state index contributed by atoms with van der Waals surface area (Å²) in [5.41, 5.74) is -0.339. The first-order valence-corrected chi connectivity index (χ1v) is 11.9. The van der Waals surface area contributed by atoms with E-state index in [0.29, 0.717) is 6.54 Å². The number of esters is 1. The van der Waals surface area contributed by atoms with Crippen LogP contribution >= 0.6 is 0 Å². The minimum Gasteiger partial charge on any atom is -0.458 e. The molecule has 33 heavy (non-hydrogen) atoms. The van der Waals surface area contributed by atoms with Gasteiger partial charge in [0.15, 0.2) is 0 Å². The van der Waals surface area contributed by atoms with Crippen LogP contribution in [0.2, 0.25) is 0 Å². The number of alkyl carbamates (subject to hydrolysis) is 1. The third kappa shape index (κ3) is 6.27. The summed E-state index contributed by atoms with van der Waals surface area (Å²) in [7, 11) is 0. The third-order valence-electron chi connectivity index (χ3n) is 6.41. The lowest BCUT2D eigenvalue weighted by atomic mass is 9.85. The molecule has 1 heterocycles. The van der Waals surface area contributed by atoms with Gasteiger partial charge in [-0.15, -0.1) is 0 Å². The molecule has 7 nitrogen and oxygen atoms in total. The number of carbonyl (C=O) groups is 3. The van der Waals surface area contributed by atoms with E-state index in [1.165, 1.54) is 0 Å². The first-order valence-electron chi connectivity index (χ1n) is 11.9. The number of nitrogens with one attached hydrogen (secondary N) is 1. The molecular formula is C26H38N2O5. The van der Waals surface area contributed by atoms with Gasteiger partial charge in [0.05, 0.1) is 0 Å². The fraction of sp³-hybridized carbons (Fsp3) is 0.654. The van der Waals surface area contributed by atoms with E-state index in [-0.39, 0.29) is 30.3 Å². The van der Waals surface area contributed by atoms with Crippen LogP contribution < -0.4 is 5.32 Å². The van der Waals surface area contributed by atoms with Crippen molar-refractivity contribution in [3.05, 3.63) is 35.9 Å². The van der Waals surface area contributed by atoms with E-state index >= 15 is 0 Å². The van der Waals surface area contributed by atoms with Crippen LogP contribution in [0.5, 0.6) is 0 Å². The Kier molecular flexibility index (Phi) is 7.39. The molecule has 1 N–H and O–H groups in total. The highest BCUT2D eigenvalue weighted by molar-refractivity contribution is 5.91. The Bertz CT molecular complexity index is 856. The molecule has 2 amide bonds.